The second kappa shape index (κ2) is 19.2. The van der Waals surface area contributed by atoms with Gasteiger partial charge in [0.25, 0.3) is 17.7 Å². The summed E-state index contributed by atoms with van der Waals surface area (Å²) in [5, 5.41) is 15.9. The van der Waals surface area contributed by atoms with Crippen molar-refractivity contribution in [2.24, 2.45) is 5.73 Å². The van der Waals surface area contributed by atoms with Crippen LogP contribution in [0.5, 0.6) is 5.75 Å². The number of nitrogens with two attached hydrogens (primary N) is 1. The molecular weight excluding hydrogens is 705 g/mol. The Bertz CT molecular complexity index is 1860. The van der Waals surface area contributed by atoms with Crippen LogP contribution in [-0.2, 0) is 22.5 Å². The highest BCUT2D eigenvalue weighted by molar-refractivity contribution is 7.07. The Balaban J connectivity index is 0.893. The minimum Gasteiger partial charge on any atom is -0.489 e. The SMILES string of the molecule is N[C@H](Cc1ccsc1)C(=O)NCCCCCCNC(=O)c1ccc(NC(=O)c2ccc(CN(C(=O)c3ccc4c(c3)OCCOCN4)C3CC3)cc2)cc1. The lowest BCUT2D eigenvalue weighted by Crippen LogP contribution is -2.42. The maximum absolute atomic E-state index is 13.6. The first-order valence-electron chi connectivity index (χ1n) is 18.6. The molecule has 13 heteroatoms. The Kier molecular flexibility index (Phi) is 13.7. The zero-order valence-electron chi connectivity index (χ0n) is 30.3. The highest BCUT2D eigenvalue weighted by atomic mass is 32.1. The van der Waals surface area contributed by atoms with E-state index in [1.54, 1.807) is 53.8 Å². The number of rotatable bonds is 17. The molecule has 0 saturated heterocycles. The largest absolute Gasteiger partial charge is 0.489 e. The van der Waals surface area contributed by atoms with Crippen LogP contribution in [0, 0.1) is 0 Å². The number of carbonyl (C=O) groups excluding carboxylic acids is 4. The summed E-state index contributed by atoms with van der Waals surface area (Å²) >= 11 is 1.59. The Labute approximate surface area is 319 Å². The lowest BCUT2D eigenvalue weighted by molar-refractivity contribution is -0.122. The summed E-state index contributed by atoms with van der Waals surface area (Å²) < 4.78 is 11.2. The Morgan fingerprint density at radius 2 is 1.52 bits per heavy atom. The topological polar surface area (TPSA) is 164 Å². The number of ether oxygens (including phenoxy) is 2. The van der Waals surface area contributed by atoms with Gasteiger partial charge in [-0.1, -0.05) is 25.0 Å². The van der Waals surface area contributed by atoms with E-state index in [0.29, 0.717) is 74.1 Å². The first kappa shape index (κ1) is 38.5. The van der Waals surface area contributed by atoms with Crippen molar-refractivity contribution in [3.05, 3.63) is 111 Å². The molecule has 1 aromatic heterocycles. The van der Waals surface area contributed by atoms with E-state index in [1.807, 2.05) is 46.0 Å². The van der Waals surface area contributed by atoms with Crippen molar-refractivity contribution in [3.63, 3.8) is 0 Å². The molecule has 284 valence electrons. The molecule has 4 aromatic rings. The van der Waals surface area contributed by atoms with E-state index in [9.17, 15) is 19.2 Å². The molecule has 6 rings (SSSR count). The number of carbonyl (C=O) groups is 4. The molecule has 4 amide bonds. The number of hydrogen-bond acceptors (Lipinski definition) is 9. The van der Waals surface area contributed by atoms with Gasteiger partial charge in [0.2, 0.25) is 5.91 Å². The standard InChI is InChI=1S/C41H48N6O6S/c42-35(23-29-17-22-54-26-29)40(50)44-19-4-2-1-3-18-43-38(48)30-9-12-33(13-10-30)46-39(49)31-7-5-28(6-8-31)25-47(34-14-15-34)41(51)32-11-16-36-37(24-32)53-21-20-52-27-45-36/h5-13,16-17,22,24,26,34-35,45H,1-4,14-15,18-21,23,25,27,42H2,(H,43,48)(H,44,50)(H,46,49)/t35-/m1/s1. The van der Waals surface area contributed by atoms with Crippen molar-refractivity contribution < 1.29 is 28.7 Å². The normalized spacial score (nSPS) is 14.2. The van der Waals surface area contributed by atoms with Crippen LogP contribution in [0.1, 0.15) is 80.7 Å². The van der Waals surface area contributed by atoms with Crippen molar-refractivity contribution >= 4 is 46.3 Å². The zero-order valence-corrected chi connectivity index (χ0v) is 31.1. The highest BCUT2D eigenvalue weighted by Gasteiger charge is 2.33. The highest BCUT2D eigenvalue weighted by Crippen LogP contribution is 2.32. The molecule has 0 radical (unpaired) electrons. The first-order valence-corrected chi connectivity index (χ1v) is 19.5. The summed E-state index contributed by atoms with van der Waals surface area (Å²) in [6.07, 6.45) is 6.01. The average Bonchev–Trinajstić information content (AvgIpc) is 3.89. The maximum atomic E-state index is 13.6. The van der Waals surface area contributed by atoms with Gasteiger partial charge in [-0.15, -0.1) is 0 Å². The van der Waals surface area contributed by atoms with Crippen molar-refractivity contribution in [3.8, 4) is 5.75 Å². The summed E-state index contributed by atoms with van der Waals surface area (Å²) in [4.78, 5) is 53.4. The number of unbranched alkanes of at least 4 members (excludes halogenated alkanes) is 3. The number of nitrogens with zero attached hydrogens (tertiary/aromatic N) is 1. The van der Waals surface area contributed by atoms with Crippen molar-refractivity contribution in [1.29, 1.82) is 0 Å². The molecule has 6 N–H and O–H groups in total. The van der Waals surface area contributed by atoms with E-state index >= 15 is 0 Å². The Morgan fingerprint density at radius 1 is 0.815 bits per heavy atom. The fourth-order valence-electron chi connectivity index (χ4n) is 6.12. The number of amides is 4. The smallest absolute Gasteiger partial charge is 0.255 e. The molecule has 2 heterocycles. The number of fused-ring (bicyclic) bond motifs is 1. The second-order valence-corrected chi connectivity index (χ2v) is 14.4. The molecule has 1 fully saturated rings. The van der Waals surface area contributed by atoms with E-state index in [-0.39, 0.29) is 29.7 Å². The first-order chi connectivity index (χ1) is 26.3. The van der Waals surface area contributed by atoms with E-state index in [4.69, 9.17) is 15.2 Å². The monoisotopic (exact) mass is 752 g/mol. The maximum Gasteiger partial charge on any atom is 0.255 e. The number of nitrogens with one attached hydrogen (secondary N) is 4. The minimum absolute atomic E-state index is 0.0535. The quantitative estimate of drug-likeness (QED) is 0.0876. The molecule has 1 saturated carbocycles. The van der Waals surface area contributed by atoms with Crippen LogP contribution >= 0.6 is 11.3 Å². The fourth-order valence-corrected chi connectivity index (χ4v) is 6.80. The average molecular weight is 753 g/mol. The summed E-state index contributed by atoms with van der Waals surface area (Å²) in [5.41, 5.74) is 10.9. The molecule has 2 aliphatic rings. The molecule has 12 nitrogen and oxygen atoms in total. The minimum atomic E-state index is -0.542. The zero-order chi connectivity index (χ0) is 37.7. The molecular formula is C41H48N6O6S. The Hall–Kier alpha value is -5.24. The van der Waals surface area contributed by atoms with Crippen LogP contribution in [0.2, 0.25) is 0 Å². The van der Waals surface area contributed by atoms with Gasteiger partial charge >= 0.3 is 0 Å². The van der Waals surface area contributed by atoms with Gasteiger partial charge < -0.3 is 41.4 Å². The van der Waals surface area contributed by atoms with Gasteiger partial charge in [-0.25, -0.2) is 0 Å². The third kappa shape index (κ3) is 11.1. The van der Waals surface area contributed by atoms with Crippen LogP contribution in [0.25, 0.3) is 0 Å². The lowest BCUT2D eigenvalue weighted by atomic mass is 10.1. The van der Waals surface area contributed by atoms with E-state index in [0.717, 1.165) is 55.3 Å². The van der Waals surface area contributed by atoms with Crippen molar-refractivity contribution in [1.82, 2.24) is 15.5 Å². The van der Waals surface area contributed by atoms with Crippen LogP contribution in [0.3, 0.4) is 0 Å². The molecule has 1 atom stereocenters. The van der Waals surface area contributed by atoms with Crippen molar-refractivity contribution in [2.45, 2.75) is 63.6 Å². The van der Waals surface area contributed by atoms with Gasteiger partial charge in [-0.05, 0) is 115 Å². The third-order valence-corrected chi connectivity index (χ3v) is 10.1. The van der Waals surface area contributed by atoms with Gasteiger partial charge in [-0.3, -0.25) is 19.2 Å². The van der Waals surface area contributed by atoms with Crippen molar-refractivity contribution in [2.75, 3.05) is 43.7 Å². The fraction of sp³-hybridized carbons (Fsp3) is 0.366. The molecule has 54 heavy (non-hydrogen) atoms. The van der Waals surface area contributed by atoms with Gasteiger partial charge in [0.15, 0.2) is 0 Å². The van der Waals surface area contributed by atoms with Gasteiger partial charge in [0, 0.05) is 48.1 Å². The molecule has 3 aromatic carbocycles. The number of anilines is 2. The summed E-state index contributed by atoms with van der Waals surface area (Å²) in [5.74, 6) is 0.0104. The van der Waals surface area contributed by atoms with Crippen LogP contribution in [-0.4, -0.2) is 73.6 Å². The van der Waals surface area contributed by atoms with Gasteiger partial charge in [-0.2, -0.15) is 11.3 Å². The predicted octanol–water partition coefficient (Wildman–Crippen LogP) is 5.56. The summed E-state index contributed by atoms with van der Waals surface area (Å²) in [6, 6.07) is 21.1. The molecule has 0 bridgehead atoms. The van der Waals surface area contributed by atoms with Crippen LogP contribution in [0.4, 0.5) is 11.4 Å². The van der Waals surface area contributed by atoms with E-state index < -0.39 is 6.04 Å². The second-order valence-electron chi connectivity index (χ2n) is 13.6. The van der Waals surface area contributed by atoms with E-state index in [2.05, 4.69) is 21.3 Å². The molecule has 0 spiro atoms. The third-order valence-electron chi connectivity index (χ3n) is 9.36. The van der Waals surface area contributed by atoms with Gasteiger partial charge in [0.1, 0.15) is 19.1 Å². The predicted molar refractivity (Wildman–Crippen MR) is 210 cm³/mol. The Morgan fingerprint density at radius 3 is 2.24 bits per heavy atom. The van der Waals surface area contributed by atoms with E-state index in [1.165, 1.54) is 0 Å². The number of hydrogen-bond donors (Lipinski definition) is 5. The van der Waals surface area contributed by atoms with Crippen LogP contribution < -0.4 is 31.7 Å². The molecule has 1 aliphatic heterocycles. The number of thiophene rings is 1. The van der Waals surface area contributed by atoms with Crippen LogP contribution in [0.15, 0.2) is 83.6 Å². The number of benzene rings is 3. The lowest BCUT2D eigenvalue weighted by Gasteiger charge is -2.24. The summed E-state index contributed by atoms with van der Waals surface area (Å²) in [6.45, 7) is 2.85. The van der Waals surface area contributed by atoms with Gasteiger partial charge in [0.05, 0.1) is 18.3 Å². The molecule has 0 unspecified atom stereocenters. The summed E-state index contributed by atoms with van der Waals surface area (Å²) in [7, 11) is 0. The molecule has 1 aliphatic carbocycles.